The van der Waals surface area contributed by atoms with Crippen molar-refractivity contribution < 1.29 is 13.6 Å². The van der Waals surface area contributed by atoms with Crippen molar-refractivity contribution in [1.29, 1.82) is 0 Å². The van der Waals surface area contributed by atoms with Gasteiger partial charge in [-0.2, -0.15) is 4.52 Å². The summed E-state index contributed by atoms with van der Waals surface area (Å²) in [5.41, 5.74) is 2.89. The van der Waals surface area contributed by atoms with Gasteiger partial charge in [-0.25, -0.2) is 9.37 Å². The third-order valence-corrected chi connectivity index (χ3v) is 4.63. The van der Waals surface area contributed by atoms with Gasteiger partial charge in [-0.15, -0.1) is 5.10 Å². The van der Waals surface area contributed by atoms with Gasteiger partial charge in [0.1, 0.15) is 17.4 Å². The van der Waals surface area contributed by atoms with Crippen molar-refractivity contribution in [2.75, 3.05) is 0 Å². The van der Waals surface area contributed by atoms with E-state index in [0.717, 1.165) is 17.0 Å². The number of carbonyl (C=O) groups is 1. The number of halogens is 2. The van der Waals surface area contributed by atoms with Crippen LogP contribution in [0, 0.1) is 12.7 Å². The van der Waals surface area contributed by atoms with Crippen molar-refractivity contribution in [3.05, 3.63) is 76.5 Å². The SMILES string of the molecule is Cc1ncc2oc(-c3ccc(CC(=O)Cc4ccc(F)cc4Cl)cc3)nn12. The van der Waals surface area contributed by atoms with Gasteiger partial charge in [0, 0.05) is 23.4 Å². The number of aromatic nitrogens is 3. The van der Waals surface area contributed by atoms with E-state index in [4.69, 9.17) is 16.0 Å². The molecule has 0 N–H and O–H groups in total. The standard InChI is InChI=1S/C20H15ClFN3O2/c1-12-23-11-19-25(12)24-20(27-19)14-4-2-13(3-5-14)8-17(26)9-15-6-7-16(22)10-18(15)21/h2-7,10-11H,8-9H2,1H3. The number of fused-ring (bicyclic) bond motifs is 1. The van der Waals surface area contributed by atoms with Crippen LogP contribution in [-0.2, 0) is 17.6 Å². The molecule has 0 amide bonds. The Labute approximate surface area is 159 Å². The Balaban J connectivity index is 1.46. The van der Waals surface area contributed by atoms with E-state index in [1.54, 1.807) is 16.8 Å². The number of rotatable bonds is 5. The van der Waals surface area contributed by atoms with Crippen molar-refractivity contribution in [3.63, 3.8) is 0 Å². The molecule has 2 aromatic carbocycles. The first kappa shape index (κ1) is 17.4. The van der Waals surface area contributed by atoms with Crippen LogP contribution in [0.1, 0.15) is 17.0 Å². The second-order valence-electron chi connectivity index (χ2n) is 6.29. The lowest BCUT2D eigenvalue weighted by molar-refractivity contribution is -0.117. The first-order valence-corrected chi connectivity index (χ1v) is 8.73. The van der Waals surface area contributed by atoms with Crippen LogP contribution >= 0.6 is 11.6 Å². The minimum atomic E-state index is -0.415. The molecule has 2 aromatic heterocycles. The summed E-state index contributed by atoms with van der Waals surface area (Å²) in [4.78, 5) is 16.4. The largest absolute Gasteiger partial charge is 0.417 e. The number of carbonyl (C=O) groups excluding carboxylic acids is 1. The van der Waals surface area contributed by atoms with Crippen molar-refractivity contribution in [1.82, 2.24) is 14.6 Å². The lowest BCUT2D eigenvalue weighted by atomic mass is 10.0. The molecule has 0 aliphatic heterocycles. The van der Waals surface area contributed by atoms with E-state index in [1.165, 1.54) is 12.1 Å². The van der Waals surface area contributed by atoms with E-state index in [2.05, 4.69) is 10.1 Å². The molecule has 27 heavy (non-hydrogen) atoms. The number of ketones is 1. The smallest absolute Gasteiger partial charge is 0.246 e. The van der Waals surface area contributed by atoms with Gasteiger partial charge < -0.3 is 4.42 Å². The van der Waals surface area contributed by atoms with Crippen LogP contribution in [0.4, 0.5) is 4.39 Å². The van der Waals surface area contributed by atoms with Gasteiger partial charge in [0.05, 0.1) is 6.20 Å². The fourth-order valence-electron chi connectivity index (χ4n) is 2.87. The number of benzene rings is 2. The lowest BCUT2D eigenvalue weighted by Crippen LogP contribution is -2.07. The van der Waals surface area contributed by atoms with Crippen LogP contribution in [0.2, 0.25) is 5.02 Å². The zero-order valence-corrected chi connectivity index (χ0v) is 15.2. The molecule has 4 aromatic rings. The van der Waals surface area contributed by atoms with E-state index >= 15 is 0 Å². The summed E-state index contributed by atoms with van der Waals surface area (Å²) in [5.74, 6) is 0.832. The Morgan fingerprint density at radius 1 is 1.19 bits per heavy atom. The zero-order chi connectivity index (χ0) is 19.0. The number of hydrogen-bond donors (Lipinski definition) is 0. The van der Waals surface area contributed by atoms with Crippen molar-refractivity contribution in [3.8, 4) is 11.5 Å². The molecule has 136 valence electrons. The molecule has 0 saturated carbocycles. The number of Topliss-reactive ketones (excluding diaryl/α,β-unsaturated/α-hetero) is 1. The molecular formula is C20H15ClFN3O2. The summed E-state index contributed by atoms with van der Waals surface area (Å²) in [5, 5.41) is 4.65. The van der Waals surface area contributed by atoms with Crippen molar-refractivity contribution >= 4 is 23.1 Å². The predicted molar refractivity (Wildman–Crippen MR) is 99.3 cm³/mol. The van der Waals surface area contributed by atoms with Crippen molar-refractivity contribution in [2.24, 2.45) is 0 Å². The number of hydrogen-bond acceptors (Lipinski definition) is 4. The van der Waals surface area contributed by atoms with Crippen LogP contribution in [0.25, 0.3) is 17.2 Å². The normalized spacial score (nSPS) is 11.2. The van der Waals surface area contributed by atoms with E-state index in [9.17, 15) is 9.18 Å². The summed E-state index contributed by atoms with van der Waals surface area (Å²) in [6.45, 7) is 1.85. The molecule has 0 radical (unpaired) electrons. The Bertz CT molecular complexity index is 1130. The first-order chi connectivity index (χ1) is 13.0. The van der Waals surface area contributed by atoms with Crippen LogP contribution in [0.3, 0.4) is 0 Å². The quantitative estimate of drug-likeness (QED) is 0.511. The third-order valence-electron chi connectivity index (χ3n) is 4.27. The minimum absolute atomic E-state index is 0.00310. The summed E-state index contributed by atoms with van der Waals surface area (Å²) in [7, 11) is 0. The van der Waals surface area contributed by atoms with Crippen LogP contribution < -0.4 is 0 Å². The van der Waals surface area contributed by atoms with Crippen molar-refractivity contribution in [2.45, 2.75) is 19.8 Å². The summed E-state index contributed by atoms with van der Waals surface area (Å²) >= 11 is 5.98. The van der Waals surface area contributed by atoms with Crippen LogP contribution in [0.5, 0.6) is 0 Å². The average molecular weight is 384 g/mol. The lowest BCUT2D eigenvalue weighted by Gasteiger charge is -2.05. The average Bonchev–Trinajstić information content (AvgIpc) is 3.20. The van der Waals surface area contributed by atoms with Gasteiger partial charge in [0.15, 0.2) is 0 Å². The summed E-state index contributed by atoms with van der Waals surface area (Å²) in [6.07, 6.45) is 2.06. The highest BCUT2D eigenvalue weighted by atomic mass is 35.5. The van der Waals surface area contributed by atoms with Gasteiger partial charge in [-0.3, -0.25) is 4.79 Å². The molecule has 0 unspecified atom stereocenters. The second kappa shape index (κ2) is 6.96. The highest BCUT2D eigenvalue weighted by molar-refractivity contribution is 6.31. The van der Waals surface area contributed by atoms with Gasteiger partial charge in [-0.1, -0.05) is 29.8 Å². The monoisotopic (exact) mass is 383 g/mol. The molecule has 0 saturated heterocycles. The van der Waals surface area contributed by atoms with Crippen LogP contribution in [-0.4, -0.2) is 20.4 Å². The minimum Gasteiger partial charge on any atom is -0.417 e. The van der Waals surface area contributed by atoms with Crippen LogP contribution in [0.15, 0.2) is 53.1 Å². The maximum absolute atomic E-state index is 13.1. The molecule has 0 aliphatic carbocycles. The second-order valence-corrected chi connectivity index (χ2v) is 6.69. The van der Waals surface area contributed by atoms with Gasteiger partial charge in [0.2, 0.25) is 11.6 Å². The predicted octanol–water partition coefficient (Wildman–Crippen LogP) is 4.44. The number of nitrogens with zero attached hydrogens (tertiary/aromatic N) is 3. The molecule has 7 heteroatoms. The fourth-order valence-corrected chi connectivity index (χ4v) is 3.10. The maximum atomic E-state index is 13.1. The molecule has 4 rings (SSSR count). The maximum Gasteiger partial charge on any atom is 0.246 e. The molecule has 0 spiro atoms. The number of aryl methyl sites for hydroxylation is 1. The molecule has 0 atom stereocenters. The van der Waals surface area contributed by atoms with Gasteiger partial charge in [-0.05, 0) is 42.3 Å². The van der Waals surface area contributed by atoms with E-state index in [0.29, 0.717) is 17.2 Å². The Morgan fingerprint density at radius 3 is 2.67 bits per heavy atom. The molecule has 0 fully saturated rings. The first-order valence-electron chi connectivity index (χ1n) is 8.36. The molecule has 2 heterocycles. The summed E-state index contributed by atoms with van der Waals surface area (Å²) in [6, 6.07) is 11.5. The van der Waals surface area contributed by atoms with E-state index < -0.39 is 5.82 Å². The Kier molecular flexibility index (Phi) is 4.49. The zero-order valence-electron chi connectivity index (χ0n) is 14.4. The molecule has 0 bridgehead atoms. The number of imidazole rings is 1. The Hall–Kier alpha value is -2.99. The highest BCUT2D eigenvalue weighted by Crippen LogP contribution is 2.22. The van der Waals surface area contributed by atoms with Gasteiger partial charge >= 0.3 is 0 Å². The third kappa shape index (κ3) is 3.61. The molecule has 0 aliphatic rings. The van der Waals surface area contributed by atoms with E-state index in [1.807, 2.05) is 31.2 Å². The highest BCUT2D eigenvalue weighted by Gasteiger charge is 2.12. The fraction of sp³-hybridized carbons (Fsp3) is 0.150. The van der Waals surface area contributed by atoms with Gasteiger partial charge in [0.25, 0.3) is 0 Å². The summed E-state index contributed by atoms with van der Waals surface area (Å²) < 4.78 is 20.4. The van der Waals surface area contributed by atoms with E-state index in [-0.39, 0.29) is 23.6 Å². The topological polar surface area (TPSA) is 60.4 Å². The molecular weight excluding hydrogens is 369 g/mol. The molecule has 5 nitrogen and oxygen atoms in total. The Morgan fingerprint density at radius 2 is 1.96 bits per heavy atom.